The van der Waals surface area contributed by atoms with Crippen LogP contribution in [-0.2, 0) is 26.2 Å². The van der Waals surface area contributed by atoms with Crippen molar-refractivity contribution in [2.45, 2.75) is 58.5 Å². The van der Waals surface area contributed by atoms with Gasteiger partial charge in [-0.05, 0) is 80.3 Å². The third kappa shape index (κ3) is 8.72. The second-order valence-corrected chi connectivity index (χ2v) is 12.8. The third-order valence-corrected chi connectivity index (χ3v) is 8.70. The van der Waals surface area contributed by atoms with Crippen LogP contribution in [0.3, 0.4) is 0 Å². The number of rotatable bonds is 14. The van der Waals surface area contributed by atoms with Crippen molar-refractivity contribution in [3.05, 3.63) is 88.9 Å². The van der Waals surface area contributed by atoms with Gasteiger partial charge >= 0.3 is 0 Å². The van der Waals surface area contributed by atoms with E-state index in [2.05, 4.69) is 5.32 Å². The van der Waals surface area contributed by atoms with Crippen molar-refractivity contribution in [3.63, 3.8) is 0 Å². The fourth-order valence-corrected chi connectivity index (χ4v) is 5.91. The lowest BCUT2D eigenvalue weighted by molar-refractivity contribution is -0.140. The Labute approximate surface area is 254 Å². The number of amides is 2. The average molecular weight is 614 g/mol. The van der Waals surface area contributed by atoms with Crippen molar-refractivity contribution in [2.24, 2.45) is 5.92 Å². The van der Waals surface area contributed by atoms with Gasteiger partial charge in [0.25, 0.3) is 10.0 Å². The fraction of sp³-hybridized carbons (Fsp3) is 0.375. The van der Waals surface area contributed by atoms with Crippen molar-refractivity contribution >= 4 is 39.1 Å². The number of nitrogens with zero attached hydrogens (tertiary/aromatic N) is 2. The normalized spacial score (nSPS) is 12.1. The van der Waals surface area contributed by atoms with Crippen LogP contribution in [0.2, 0.25) is 5.02 Å². The molecule has 3 rings (SSSR count). The molecule has 3 aromatic rings. The predicted molar refractivity (Wildman–Crippen MR) is 167 cm³/mol. The zero-order valence-electron chi connectivity index (χ0n) is 24.8. The van der Waals surface area contributed by atoms with E-state index in [0.717, 1.165) is 15.4 Å². The first-order chi connectivity index (χ1) is 20.0. The van der Waals surface area contributed by atoms with Crippen LogP contribution in [-0.4, -0.2) is 50.9 Å². The van der Waals surface area contributed by atoms with Gasteiger partial charge in [-0.25, -0.2) is 8.42 Å². The van der Waals surface area contributed by atoms with E-state index in [1.807, 2.05) is 34.6 Å². The van der Waals surface area contributed by atoms with Crippen LogP contribution in [0.4, 0.5) is 5.69 Å². The molecule has 3 aromatic carbocycles. The first-order valence-corrected chi connectivity index (χ1v) is 15.9. The predicted octanol–water partition coefficient (Wildman–Crippen LogP) is 5.82. The molecule has 2 amide bonds. The van der Waals surface area contributed by atoms with Gasteiger partial charge in [0.1, 0.15) is 18.3 Å². The Balaban J connectivity index is 2.04. The molecule has 10 heteroatoms. The lowest BCUT2D eigenvalue weighted by atomic mass is 10.1. The highest BCUT2D eigenvalue weighted by molar-refractivity contribution is 7.92. The summed E-state index contributed by atoms with van der Waals surface area (Å²) in [5.74, 6) is 0.00256. The van der Waals surface area contributed by atoms with Gasteiger partial charge in [-0.1, -0.05) is 62.2 Å². The number of hydrogen-bond donors (Lipinski definition) is 1. The maximum atomic E-state index is 14.1. The Morgan fingerprint density at radius 3 is 2.10 bits per heavy atom. The summed E-state index contributed by atoms with van der Waals surface area (Å²) in [7, 11) is -4.15. The standard InChI is InChI=1S/C32H40ClN3O5S/c1-6-30(32(38)34-20-23(3)4)35(21-25-10-12-26(33)13-11-25)31(37)22-36(27-14-16-28(17-15-27)41-7-2)42(39,40)29-18-8-24(5)9-19-29/h8-19,23,30H,6-7,20-22H2,1-5H3,(H,34,38). The Morgan fingerprint density at radius 2 is 1.55 bits per heavy atom. The van der Waals surface area contributed by atoms with Crippen LogP contribution < -0.4 is 14.4 Å². The van der Waals surface area contributed by atoms with Crippen LogP contribution in [0.15, 0.2) is 77.7 Å². The molecular weight excluding hydrogens is 574 g/mol. The van der Waals surface area contributed by atoms with Gasteiger partial charge in [-0.3, -0.25) is 13.9 Å². The molecule has 1 N–H and O–H groups in total. The summed E-state index contributed by atoms with van der Waals surface area (Å²) in [6.45, 7) is 10.0. The zero-order chi connectivity index (χ0) is 30.9. The third-order valence-electron chi connectivity index (χ3n) is 6.66. The second kappa shape index (κ2) is 15.1. The highest BCUT2D eigenvalue weighted by atomic mass is 35.5. The summed E-state index contributed by atoms with van der Waals surface area (Å²) >= 11 is 6.08. The van der Waals surface area contributed by atoms with Crippen LogP contribution in [0.25, 0.3) is 0 Å². The Kier molecular flexibility index (Phi) is 11.8. The fourth-order valence-electron chi connectivity index (χ4n) is 4.37. The molecule has 226 valence electrons. The number of carbonyl (C=O) groups excluding carboxylic acids is 2. The quantitative estimate of drug-likeness (QED) is 0.247. The molecule has 0 saturated carbocycles. The maximum Gasteiger partial charge on any atom is 0.264 e. The molecule has 1 unspecified atom stereocenters. The van der Waals surface area contributed by atoms with Crippen molar-refractivity contribution in [1.29, 1.82) is 0 Å². The van der Waals surface area contributed by atoms with Gasteiger partial charge in [0.2, 0.25) is 11.8 Å². The smallest absolute Gasteiger partial charge is 0.264 e. The first kappa shape index (κ1) is 32.9. The van der Waals surface area contributed by atoms with Crippen molar-refractivity contribution in [3.8, 4) is 5.75 Å². The van der Waals surface area contributed by atoms with E-state index < -0.39 is 28.5 Å². The Bertz CT molecular complexity index is 1430. The maximum absolute atomic E-state index is 14.1. The highest BCUT2D eigenvalue weighted by Crippen LogP contribution is 2.27. The summed E-state index contributed by atoms with van der Waals surface area (Å²) in [5, 5.41) is 3.47. The van der Waals surface area contributed by atoms with Crippen LogP contribution in [0.5, 0.6) is 5.75 Å². The zero-order valence-corrected chi connectivity index (χ0v) is 26.4. The van der Waals surface area contributed by atoms with E-state index in [9.17, 15) is 18.0 Å². The average Bonchev–Trinajstić information content (AvgIpc) is 2.96. The van der Waals surface area contributed by atoms with Crippen LogP contribution in [0, 0.1) is 12.8 Å². The van der Waals surface area contributed by atoms with Gasteiger partial charge in [-0.2, -0.15) is 0 Å². The molecule has 0 radical (unpaired) electrons. The molecule has 0 aliphatic heterocycles. The van der Waals surface area contributed by atoms with E-state index in [1.54, 1.807) is 60.7 Å². The van der Waals surface area contributed by atoms with Crippen LogP contribution in [0.1, 0.15) is 45.2 Å². The molecule has 0 bridgehead atoms. The van der Waals surface area contributed by atoms with E-state index in [4.69, 9.17) is 16.3 Å². The summed E-state index contributed by atoms with van der Waals surface area (Å²) in [6, 6.07) is 19.2. The number of carbonyl (C=O) groups is 2. The largest absolute Gasteiger partial charge is 0.494 e. The van der Waals surface area contributed by atoms with E-state index in [0.29, 0.717) is 36.0 Å². The number of aryl methyl sites for hydroxylation is 1. The van der Waals surface area contributed by atoms with Crippen molar-refractivity contribution in [2.75, 3.05) is 24.0 Å². The van der Waals surface area contributed by atoms with Gasteiger partial charge < -0.3 is 15.0 Å². The lowest BCUT2D eigenvalue weighted by Gasteiger charge is -2.33. The number of ether oxygens (including phenoxy) is 1. The van der Waals surface area contributed by atoms with Crippen LogP contribution >= 0.6 is 11.6 Å². The number of hydrogen-bond acceptors (Lipinski definition) is 5. The first-order valence-electron chi connectivity index (χ1n) is 14.1. The van der Waals surface area contributed by atoms with Gasteiger partial charge in [-0.15, -0.1) is 0 Å². The number of sulfonamides is 1. The summed E-state index contributed by atoms with van der Waals surface area (Å²) < 4.78 is 34.6. The van der Waals surface area contributed by atoms with Crippen molar-refractivity contribution < 1.29 is 22.7 Å². The van der Waals surface area contributed by atoms with Gasteiger partial charge in [0.05, 0.1) is 17.2 Å². The van der Waals surface area contributed by atoms with E-state index in [-0.39, 0.29) is 23.3 Å². The molecule has 0 saturated heterocycles. The topological polar surface area (TPSA) is 96.0 Å². The van der Waals surface area contributed by atoms with E-state index in [1.165, 1.54) is 17.0 Å². The molecule has 0 spiro atoms. The minimum atomic E-state index is -4.15. The lowest BCUT2D eigenvalue weighted by Crippen LogP contribution is -2.52. The minimum Gasteiger partial charge on any atom is -0.494 e. The molecule has 8 nitrogen and oxygen atoms in total. The van der Waals surface area contributed by atoms with Crippen molar-refractivity contribution in [1.82, 2.24) is 10.2 Å². The monoisotopic (exact) mass is 613 g/mol. The van der Waals surface area contributed by atoms with E-state index >= 15 is 0 Å². The molecule has 1 atom stereocenters. The highest BCUT2D eigenvalue weighted by Gasteiger charge is 2.33. The molecule has 0 aromatic heterocycles. The molecule has 0 heterocycles. The molecule has 42 heavy (non-hydrogen) atoms. The minimum absolute atomic E-state index is 0.0563. The number of nitrogens with one attached hydrogen (secondary N) is 1. The number of anilines is 1. The number of halogens is 1. The summed E-state index contributed by atoms with van der Waals surface area (Å²) in [6.07, 6.45) is 0.344. The molecule has 0 fully saturated rings. The summed E-state index contributed by atoms with van der Waals surface area (Å²) in [5.41, 5.74) is 1.97. The summed E-state index contributed by atoms with van der Waals surface area (Å²) in [4.78, 5) is 28.9. The molecular formula is C32H40ClN3O5S. The number of benzene rings is 3. The second-order valence-electron chi connectivity index (χ2n) is 10.5. The SMILES string of the molecule is CCOc1ccc(N(CC(=O)N(Cc2ccc(Cl)cc2)C(CC)C(=O)NCC(C)C)S(=O)(=O)c2ccc(C)cc2)cc1. The Hall–Kier alpha value is -3.56. The molecule has 0 aliphatic rings. The van der Waals surface area contributed by atoms with Gasteiger partial charge in [0.15, 0.2) is 0 Å². The molecule has 0 aliphatic carbocycles. The van der Waals surface area contributed by atoms with Gasteiger partial charge in [0, 0.05) is 18.1 Å². The Morgan fingerprint density at radius 1 is 0.929 bits per heavy atom.